The summed E-state index contributed by atoms with van der Waals surface area (Å²) in [6.07, 6.45) is 4.22. The number of fused-ring (bicyclic) bond motifs is 1. The van der Waals surface area contributed by atoms with Gasteiger partial charge in [0.15, 0.2) is 17.1 Å². The fourth-order valence-corrected chi connectivity index (χ4v) is 6.94. The summed E-state index contributed by atoms with van der Waals surface area (Å²) in [4.78, 5) is 28.4. The summed E-state index contributed by atoms with van der Waals surface area (Å²) in [5.74, 6) is -1.18. The van der Waals surface area contributed by atoms with Crippen molar-refractivity contribution in [3.05, 3.63) is 124 Å². The Hall–Kier alpha value is -5.24. The number of aromatic amines is 1. The number of aliphatic hydroxyl groups is 3. The highest BCUT2D eigenvalue weighted by atomic mass is 16.7. The molecule has 7 atom stereocenters. The van der Waals surface area contributed by atoms with Gasteiger partial charge in [-0.3, -0.25) is 4.79 Å². The summed E-state index contributed by atoms with van der Waals surface area (Å²) in [6.45, 7) is 4.36. The molecular formula is C42H46N2O10. The van der Waals surface area contributed by atoms with Crippen LogP contribution < -0.4 is 15.5 Å². The van der Waals surface area contributed by atoms with E-state index in [1.54, 1.807) is 12.1 Å². The average molecular weight is 739 g/mol. The van der Waals surface area contributed by atoms with Gasteiger partial charge in [-0.2, -0.15) is 0 Å². The van der Waals surface area contributed by atoms with Gasteiger partial charge in [-0.15, -0.1) is 0 Å². The number of aliphatic carboxylic acids is 1. The molecule has 3 heterocycles. The highest BCUT2D eigenvalue weighted by Gasteiger charge is 2.58. The summed E-state index contributed by atoms with van der Waals surface area (Å²) < 4.78 is 17.4. The maximum absolute atomic E-state index is 13.3. The number of aliphatic hydroxyl groups excluding tert-OH is 2. The predicted molar refractivity (Wildman–Crippen MR) is 203 cm³/mol. The number of phenolic OH excluding ortho intramolecular Hbond substituents is 1. The molecule has 2 aromatic heterocycles. The molecule has 1 aliphatic heterocycles. The number of phenols is 1. The number of rotatable bonds is 15. The second kappa shape index (κ2) is 16.8. The van der Waals surface area contributed by atoms with E-state index in [1.807, 2.05) is 30.6 Å². The van der Waals surface area contributed by atoms with Crippen molar-refractivity contribution in [2.45, 2.75) is 63.3 Å². The summed E-state index contributed by atoms with van der Waals surface area (Å²) in [6, 6.07) is 20.7. The number of nitrogens with one attached hydrogen (secondary N) is 2. The fourth-order valence-electron chi connectivity index (χ4n) is 6.94. The standard InChI is InChI=1S/C42H46N2O10/c1-3-27-8-4-5-9-28(27)10-6-7-25(2)30(19-26-17-18-43-21-26)22-44-24-42(51)39(48)37(47)38(40(49)50)54-41(42)53-32-15-16-33-35(20-32)52-23-34(36(33)46)29-11-13-31(45)14-12-29/h4-6,8-18,20-21,23,25,30,37-39,41,43-45,47-48,51H,3,7,19,22,24H2,1-2H3,(H,49,50). The van der Waals surface area contributed by atoms with Gasteiger partial charge >= 0.3 is 5.97 Å². The molecule has 1 saturated heterocycles. The molecule has 5 aromatic rings. The number of carboxylic acids is 1. The minimum Gasteiger partial charge on any atom is -0.508 e. The van der Waals surface area contributed by atoms with Gasteiger partial charge in [0, 0.05) is 25.0 Å². The molecule has 0 saturated carbocycles. The van der Waals surface area contributed by atoms with Gasteiger partial charge in [-0.05, 0) is 90.2 Å². The number of carbonyl (C=O) groups is 1. The first-order valence-corrected chi connectivity index (χ1v) is 18.0. The highest BCUT2D eigenvalue weighted by molar-refractivity contribution is 5.82. The molecule has 6 rings (SSSR count). The third-order valence-corrected chi connectivity index (χ3v) is 10.3. The molecular weight excluding hydrogens is 692 g/mol. The first kappa shape index (κ1) is 38.5. The second-order valence-electron chi connectivity index (χ2n) is 13.9. The van der Waals surface area contributed by atoms with Crippen LogP contribution in [0.1, 0.15) is 37.0 Å². The van der Waals surface area contributed by atoms with Crippen molar-refractivity contribution in [3.8, 4) is 22.6 Å². The van der Waals surface area contributed by atoms with Crippen LogP contribution in [0.25, 0.3) is 28.2 Å². The van der Waals surface area contributed by atoms with Crippen LogP contribution in [0.15, 0.2) is 107 Å². The van der Waals surface area contributed by atoms with E-state index >= 15 is 0 Å². The lowest BCUT2D eigenvalue weighted by Gasteiger charge is -2.47. The lowest BCUT2D eigenvalue weighted by molar-refractivity contribution is -0.311. The zero-order valence-corrected chi connectivity index (χ0v) is 30.1. The summed E-state index contributed by atoms with van der Waals surface area (Å²) in [5, 5.41) is 56.8. The van der Waals surface area contributed by atoms with Crippen molar-refractivity contribution < 1.29 is 44.2 Å². The maximum Gasteiger partial charge on any atom is 0.335 e. The van der Waals surface area contributed by atoms with E-state index in [0.29, 0.717) is 12.1 Å². The number of hydrogen-bond acceptors (Lipinski definition) is 10. The Kier molecular flexibility index (Phi) is 12.0. The molecule has 0 spiro atoms. The van der Waals surface area contributed by atoms with Gasteiger partial charge < -0.3 is 49.7 Å². The third-order valence-electron chi connectivity index (χ3n) is 10.3. The normalized spacial score (nSPS) is 22.7. The van der Waals surface area contributed by atoms with Crippen molar-refractivity contribution in [1.82, 2.24) is 10.3 Å². The van der Waals surface area contributed by atoms with Crippen molar-refractivity contribution in [2.24, 2.45) is 11.8 Å². The van der Waals surface area contributed by atoms with Gasteiger partial charge in [-0.25, -0.2) is 4.79 Å². The number of aromatic hydroxyl groups is 1. The SMILES string of the molecule is CCc1ccccc1C=CCC(C)C(CNCC1(O)C(Oc2ccc3c(=O)c(-c4ccc(O)cc4)coc3c2)OC(C(=O)O)C(O)C1O)Cc1cc[nH]c1. The van der Waals surface area contributed by atoms with E-state index in [2.05, 4.69) is 48.4 Å². The van der Waals surface area contributed by atoms with Gasteiger partial charge in [0.05, 0.1) is 10.9 Å². The minimum atomic E-state index is -2.31. The molecule has 12 heteroatoms. The molecule has 1 fully saturated rings. The highest BCUT2D eigenvalue weighted by Crippen LogP contribution is 2.34. The number of carboxylic acid groups (broad SMARTS) is 1. The van der Waals surface area contributed by atoms with E-state index in [1.165, 1.54) is 47.7 Å². The van der Waals surface area contributed by atoms with Crippen molar-refractivity contribution in [2.75, 3.05) is 13.1 Å². The number of benzene rings is 3. The van der Waals surface area contributed by atoms with Crippen molar-refractivity contribution in [3.63, 3.8) is 0 Å². The lowest BCUT2D eigenvalue weighted by atomic mass is 9.84. The zero-order valence-electron chi connectivity index (χ0n) is 30.1. The number of aromatic nitrogens is 1. The molecule has 0 radical (unpaired) electrons. The van der Waals surface area contributed by atoms with Gasteiger partial charge in [0.1, 0.15) is 35.6 Å². The molecule has 284 valence electrons. The van der Waals surface area contributed by atoms with E-state index in [-0.39, 0.29) is 51.8 Å². The van der Waals surface area contributed by atoms with Crippen LogP contribution in [0.2, 0.25) is 0 Å². The number of H-pyrrole nitrogens is 1. The van der Waals surface area contributed by atoms with Crippen LogP contribution in [0, 0.1) is 11.8 Å². The lowest BCUT2D eigenvalue weighted by Crippen LogP contribution is -2.71. The van der Waals surface area contributed by atoms with E-state index < -0.39 is 36.2 Å². The minimum absolute atomic E-state index is 0.0505. The Bertz CT molecular complexity index is 2110. The predicted octanol–water partition coefficient (Wildman–Crippen LogP) is 4.89. The van der Waals surface area contributed by atoms with Crippen LogP contribution in [0.4, 0.5) is 0 Å². The van der Waals surface area contributed by atoms with Crippen molar-refractivity contribution >= 4 is 23.0 Å². The zero-order chi connectivity index (χ0) is 38.4. The van der Waals surface area contributed by atoms with Crippen molar-refractivity contribution in [1.29, 1.82) is 0 Å². The average Bonchev–Trinajstić information content (AvgIpc) is 3.69. The maximum atomic E-state index is 13.3. The summed E-state index contributed by atoms with van der Waals surface area (Å²) >= 11 is 0. The largest absolute Gasteiger partial charge is 0.508 e. The topological polar surface area (TPSA) is 195 Å². The first-order valence-electron chi connectivity index (χ1n) is 18.0. The molecule has 3 aromatic carbocycles. The molecule has 0 bridgehead atoms. The first-order chi connectivity index (χ1) is 26.0. The molecule has 12 nitrogen and oxygen atoms in total. The van der Waals surface area contributed by atoms with Crippen LogP contribution in [-0.2, 0) is 22.4 Å². The Morgan fingerprint density at radius 1 is 1.09 bits per heavy atom. The number of allylic oxidation sites excluding steroid dienone is 1. The Morgan fingerprint density at radius 3 is 2.59 bits per heavy atom. The molecule has 1 aliphatic rings. The third kappa shape index (κ3) is 8.43. The number of ether oxygens (including phenoxy) is 2. The van der Waals surface area contributed by atoms with Crippen LogP contribution in [0.5, 0.6) is 11.5 Å². The summed E-state index contributed by atoms with van der Waals surface area (Å²) in [5.41, 5.74) is 1.86. The van der Waals surface area contributed by atoms with Crippen LogP contribution in [-0.4, -0.2) is 79.8 Å². The molecule has 54 heavy (non-hydrogen) atoms. The molecule has 7 unspecified atom stereocenters. The summed E-state index contributed by atoms with van der Waals surface area (Å²) in [7, 11) is 0. The van der Waals surface area contributed by atoms with Crippen LogP contribution in [0.3, 0.4) is 0 Å². The number of hydrogen-bond donors (Lipinski definition) is 7. The van der Waals surface area contributed by atoms with E-state index in [0.717, 1.165) is 24.8 Å². The van der Waals surface area contributed by atoms with Gasteiger partial charge in [0.2, 0.25) is 6.29 Å². The Balaban J connectivity index is 1.20. The fraction of sp³-hybridized carbons (Fsp3) is 0.333. The molecule has 7 N–H and O–H groups in total. The van der Waals surface area contributed by atoms with E-state index in [9.17, 15) is 35.1 Å². The Morgan fingerprint density at radius 2 is 1.87 bits per heavy atom. The quantitative estimate of drug-likeness (QED) is 0.0774. The van der Waals surface area contributed by atoms with Gasteiger partial charge in [-0.1, -0.05) is 62.4 Å². The molecule has 0 aliphatic carbocycles. The van der Waals surface area contributed by atoms with Crippen LogP contribution >= 0.6 is 0 Å². The van der Waals surface area contributed by atoms with E-state index in [4.69, 9.17) is 13.9 Å². The smallest absolute Gasteiger partial charge is 0.335 e. The molecule has 0 amide bonds. The monoisotopic (exact) mass is 738 g/mol. The second-order valence-corrected chi connectivity index (χ2v) is 13.9. The number of aryl methyl sites for hydroxylation is 1. The Labute approximate surface area is 312 Å². The van der Waals surface area contributed by atoms with Gasteiger partial charge in [0.25, 0.3) is 0 Å².